The molecule has 0 radical (unpaired) electrons. The van der Waals surface area contributed by atoms with E-state index < -0.39 is 0 Å². The van der Waals surface area contributed by atoms with Crippen LogP contribution in [0.15, 0.2) is 48.5 Å². The molecule has 0 bridgehead atoms. The Hall–Kier alpha value is -3.81. The van der Waals surface area contributed by atoms with Gasteiger partial charge in [0.2, 0.25) is 0 Å². The lowest BCUT2D eigenvalue weighted by molar-refractivity contribution is 0.0745. The molecule has 2 amide bonds. The van der Waals surface area contributed by atoms with Gasteiger partial charge < -0.3 is 19.7 Å². The Balaban J connectivity index is 1.44. The van der Waals surface area contributed by atoms with Gasteiger partial charge in [0, 0.05) is 32.2 Å². The van der Waals surface area contributed by atoms with Crippen molar-refractivity contribution in [3.05, 3.63) is 76.6 Å². The lowest BCUT2D eigenvalue weighted by atomic mass is 10.1. The van der Waals surface area contributed by atoms with E-state index in [4.69, 9.17) is 9.47 Å². The largest absolute Gasteiger partial charge is 0.493 e. The fourth-order valence-electron chi connectivity index (χ4n) is 3.87. The van der Waals surface area contributed by atoms with Gasteiger partial charge in [-0.05, 0) is 36.6 Å². The van der Waals surface area contributed by atoms with Gasteiger partial charge in [0.15, 0.2) is 17.2 Å². The molecule has 8 heteroatoms. The van der Waals surface area contributed by atoms with E-state index in [-0.39, 0.29) is 17.5 Å². The highest BCUT2D eigenvalue weighted by atomic mass is 16.5. The molecule has 3 aromatic rings. The van der Waals surface area contributed by atoms with Crippen LogP contribution in [-0.4, -0.2) is 47.3 Å². The van der Waals surface area contributed by atoms with Crippen LogP contribution in [0.5, 0.6) is 11.5 Å². The lowest BCUT2D eigenvalue weighted by Crippen LogP contribution is -2.30. The molecule has 172 valence electrons. The summed E-state index contributed by atoms with van der Waals surface area (Å²) in [6.45, 7) is 4.11. The van der Waals surface area contributed by atoms with Gasteiger partial charge in [0.25, 0.3) is 11.8 Å². The third kappa shape index (κ3) is 5.00. The molecule has 0 saturated carbocycles. The van der Waals surface area contributed by atoms with Crippen LogP contribution < -0.4 is 14.8 Å². The van der Waals surface area contributed by atoms with Crippen molar-refractivity contribution in [2.24, 2.45) is 0 Å². The minimum Gasteiger partial charge on any atom is -0.493 e. The lowest BCUT2D eigenvalue weighted by Gasteiger charge is -2.20. The summed E-state index contributed by atoms with van der Waals surface area (Å²) in [6.07, 6.45) is 0.777. The molecule has 1 aliphatic rings. The number of rotatable bonds is 7. The second-order valence-electron chi connectivity index (χ2n) is 8.08. The number of aromatic nitrogens is 2. The van der Waals surface area contributed by atoms with Crippen LogP contribution in [0.3, 0.4) is 0 Å². The SMILES string of the molecule is COc1ccc(CNC(=O)c2cc3n(n2)CCCN(Cc2ccc(C)cc2)C3=O)cc1OC. The molecule has 0 aliphatic carbocycles. The van der Waals surface area contributed by atoms with E-state index in [1.807, 2.05) is 48.2 Å². The number of fused-ring (bicyclic) bond motifs is 1. The van der Waals surface area contributed by atoms with E-state index in [1.54, 1.807) is 31.0 Å². The first-order valence-corrected chi connectivity index (χ1v) is 10.9. The monoisotopic (exact) mass is 448 g/mol. The van der Waals surface area contributed by atoms with Crippen molar-refractivity contribution in [2.75, 3.05) is 20.8 Å². The zero-order valence-corrected chi connectivity index (χ0v) is 19.1. The molecule has 33 heavy (non-hydrogen) atoms. The van der Waals surface area contributed by atoms with Crippen LogP contribution in [0, 0.1) is 6.92 Å². The topological polar surface area (TPSA) is 85.7 Å². The Kier molecular flexibility index (Phi) is 6.63. The summed E-state index contributed by atoms with van der Waals surface area (Å²) in [6, 6.07) is 15.2. The first-order valence-electron chi connectivity index (χ1n) is 10.9. The molecule has 0 fully saturated rings. The van der Waals surface area contributed by atoms with Crippen LogP contribution in [0.4, 0.5) is 0 Å². The third-order valence-electron chi connectivity index (χ3n) is 5.71. The van der Waals surface area contributed by atoms with Gasteiger partial charge >= 0.3 is 0 Å². The van der Waals surface area contributed by atoms with Crippen molar-refractivity contribution in [3.63, 3.8) is 0 Å². The van der Waals surface area contributed by atoms with Gasteiger partial charge in [0.1, 0.15) is 5.69 Å². The van der Waals surface area contributed by atoms with Crippen LogP contribution >= 0.6 is 0 Å². The number of nitrogens with one attached hydrogen (secondary N) is 1. The highest BCUT2D eigenvalue weighted by Gasteiger charge is 2.26. The number of hydrogen-bond acceptors (Lipinski definition) is 5. The third-order valence-corrected chi connectivity index (χ3v) is 5.71. The minimum atomic E-state index is -0.330. The standard InChI is InChI=1S/C25H28N4O4/c1-17-5-7-18(8-6-17)16-28-11-4-12-29-21(25(28)31)14-20(27-29)24(30)26-15-19-9-10-22(32-2)23(13-19)33-3/h5-10,13-14H,4,11-12,15-16H2,1-3H3,(H,26,30). The summed E-state index contributed by atoms with van der Waals surface area (Å²) in [5.41, 5.74) is 3.80. The molecule has 1 N–H and O–H groups in total. The Labute approximate surface area is 193 Å². The number of carbonyl (C=O) groups is 2. The van der Waals surface area contributed by atoms with Gasteiger partial charge in [-0.2, -0.15) is 5.10 Å². The van der Waals surface area contributed by atoms with E-state index in [9.17, 15) is 9.59 Å². The molecular formula is C25H28N4O4. The summed E-state index contributed by atoms with van der Waals surface area (Å²) >= 11 is 0. The Morgan fingerprint density at radius 1 is 1.00 bits per heavy atom. The maximum Gasteiger partial charge on any atom is 0.272 e. The molecular weight excluding hydrogens is 420 g/mol. The van der Waals surface area contributed by atoms with Gasteiger partial charge in [-0.1, -0.05) is 35.9 Å². The predicted octanol–water partition coefficient (Wildman–Crippen LogP) is 3.18. The smallest absolute Gasteiger partial charge is 0.272 e. The molecule has 2 aromatic carbocycles. The summed E-state index contributed by atoms with van der Waals surface area (Å²) < 4.78 is 12.2. The normalized spacial score (nSPS) is 13.3. The fourth-order valence-corrected chi connectivity index (χ4v) is 3.87. The molecule has 2 heterocycles. The number of amides is 2. The van der Waals surface area contributed by atoms with Gasteiger partial charge in [-0.3, -0.25) is 14.3 Å². The first-order chi connectivity index (χ1) is 16.0. The van der Waals surface area contributed by atoms with Crippen LogP contribution in [0.1, 0.15) is 44.1 Å². The first kappa shape index (κ1) is 22.4. The molecule has 4 rings (SSSR count). The number of nitrogens with zero attached hydrogens (tertiary/aromatic N) is 3. The molecule has 0 atom stereocenters. The average Bonchev–Trinajstić information content (AvgIpc) is 3.21. The number of carbonyl (C=O) groups excluding carboxylic acids is 2. The summed E-state index contributed by atoms with van der Waals surface area (Å²) in [5.74, 6) is 0.777. The second kappa shape index (κ2) is 9.77. The summed E-state index contributed by atoms with van der Waals surface area (Å²) in [7, 11) is 3.14. The number of ether oxygens (including phenoxy) is 2. The van der Waals surface area contributed by atoms with Crippen molar-refractivity contribution >= 4 is 11.8 Å². The zero-order valence-electron chi connectivity index (χ0n) is 19.1. The van der Waals surface area contributed by atoms with Crippen molar-refractivity contribution in [1.82, 2.24) is 20.0 Å². The van der Waals surface area contributed by atoms with Crippen LogP contribution in [0.2, 0.25) is 0 Å². The van der Waals surface area contributed by atoms with E-state index in [0.29, 0.717) is 43.4 Å². The van der Waals surface area contributed by atoms with Crippen molar-refractivity contribution < 1.29 is 19.1 Å². The average molecular weight is 449 g/mol. The highest BCUT2D eigenvalue weighted by molar-refractivity contribution is 5.98. The Bertz CT molecular complexity index is 1150. The maximum atomic E-state index is 13.2. The summed E-state index contributed by atoms with van der Waals surface area (Å²) in [5, 5.41) is 7.26. The second-order valence-corrected chi connectivity index (χ2v) is 8.08. The molecule has 0 unspecified atom stereocenters. The van der Waals surface area contributed by atoms with E-state index in [0.717, 1.165) is 17.5 Å². The zero-order chi connectivity index (χ0) is 23.4. The number of methoxy groups -OCH3 is 2. The maximum absolute atomic E-state index is 13.2. The molecule has 8 nitrogen and oxygen atoms in total. The fraction of sp³-hybridized carbons (Fsp3) is 0.320. The Morgan fingerprint density at radius 3 is 2.45 bits per heavy atom. The quantitative estimate of drug-likeness (QED) is 0.600. The van der Waals surface area contributed by atoms with E-state index in [1.165, 1.54) is 5.56 Å². The van der Waals surface area contributed by atoms with Gasteiger partial charge in [-0.25, -0.2) is 0 Å². The Morgan fingerprint density at radius 2 is 1.73 bits per heavy atom. The van der Waals surface area contributed by atoms with Crippen molar-refractivity contribution in [1.29, 1.82) is 0 Å². The van der Waals surface area contributed by atoms with Crippen molar-refractivity contribution in [2.45, 2.75) is 33.0 Å². The van der Waals surface area contributed by atoms with E-state index >= 15 is 0 Å². The highest BCUT2D eigenvalue weighted by Crippen LogP contribution is 2.27. The van der Waals surface area contributed by atoms with Crippen molar-refractivity contribution in [3.8, 4) is 11.5 Å². The number of aryl methyl sites for hydroxylation is 2. The number of benzene rings is 2. The minimum absolute atomic E-state index is 0.112. The summed E-state index contributed by atoms with van der Waals surface area (Å²) in [4.78, 5) is 27.7. The van der Waals surface area contributed by atoms with E-state index in [2.05, 4.69) is 10.4 Å². The van der Waals surface area contributed by atoms with Crippen LogP contribution in [0.25, 0.3) is 0 Å². The molecule has 0 saturated heterocycles. The van der Waals surface area contributed by atoms with Gasteiger partial charge in [-0.15, -0.1) is 0 Å². The van der Waals surface area contributed by atoms with Gasteiger partial charge in [0.05, 0.1) is 14.2 Å². The molecule has 0 spiro atoms. The number of hydrogen-bond donors (Lipinski definition) is 1. The molecule has 1 aromatic heterocycles. The molecule has 1 aliphatic heterocycles. The van der Waals surface area contributed by atoms with Crippen LogP contribution in [-0.2, 0) is 19.6 Å². The predicted molar refractivity (Wildman–Crippen MR) is 123 cm³/mol.